The first-order chi connectivity index (χ1) is 7.29. The summed E-state index contributed by atoms with van der Waals surface area (Å²) in [4.78, 5) is 4.48. The van der Waals surface area contributed by atoms with Gasteiger partial charge in [0.1, 0.15) is 0 Å². The van der Waals surface area contributed by atoms with Crippen LogP contribution in [0.1, 0.15) is 23.5 Å². The number of thioether (sulfide) groups is 1. The van der Waals surface area contributed by atoms with Gasteiger partial charge < -0.3 is 0 Å². The number of aryl methyl sites for hydroxylation is 1. The van der Waals surface area contributed by atoms with Crippen LogP contribution in [0.2, 0.25) is 0 Å². The Bertz CT molecular complexity index is 307. The van der Waals surface area contributed by atoms with E-state index < -0.39 is 0 Å². The van der Waals surface area contributed by atoms with Gasteiger partial charge in [-0.3, -0.25) is 11.3 Å². The summed E-state index contributed by atoms with van der Waals surface area (Å²) in [7, 11) is 0. The fourth-order valence-corrected chi connectivity index (χ4v) is 3.95. The van der Waals surface area contributed by atoms with Crippen LogP contribution in [-0.2, 0) is 6.42 Å². The van der Waals surface area contributed by atoms with E-state index in [0.29, 0.717) is 11.3 Å². The van der Waals surface area contributed by atoms with Crippen molar-refractivity contribution < 1.29 is 0 Å². The molecule has 3 nitrogen and oxygen atoms in total. The van der Waals surface area contributed by atoms with Crippen molar-refractivity contribution in [2.45, 2.75) is 37.5 Å². The molecule has 84 valence electrons. The molecule has 2 heterocycles. The molecule has 0 bridgehead atoms. The van der Waals surface area contributed by atoms with Crippen molar-refractivity contribution in [2.75, 3.05) is 5.75 Å². The second-order valence-electron chi connectivity index (χ2n) is 3.89. The Balaban J connectivity index is 1.95. The van der Waals surface area contributed by atoms with Crippen LogP contribution in [0.5, 0.6) is 0 Å². The van der Waals surface area contributed by atoms with Gasteiger partial charge in [0.25, 0.3) is 0 Å². The normalized spacial score (nSPS) is 23.2. The molecule has 5 heteroatoms. The van der Waals surface area contributed by atoms with E-state index in [2.05, 4.69) is 15.8 Å². The van der Waals surface area contributed by atoms with E-state index in [-0.39, 0.29) is 0 Å². The second kappa shape index (κ2) is 5.30. The maximum Gasteiger partial charge on any atom is 0.0897 e. The molecule has 1 saturated heterocycles. The second-order valence-corrected chi connectivity index (χ2v) is 6.30. The Morgan fingerprint density at radius 1 is 1.73 bits per heavy atom. The van der Waals surface area contributed by atoms with Gasteiger partial charge in [-0.25, -0.2) is 4.98 Å². The molecular formula is C10H17N3S2. The van der Waals surface area contributed by atoms with E-state index in [0.717, 1.165) is 11.4 Å². The fraction of sp³-hybridized carbons (Fsp3) is 0.700. The summed E-state index contributed by atoms with van der Waals surface area (Å²) >= 11 is 3.75. The molecule has 0 spiro atoms. The first-order valence-electron chi connectivity index (χ1n) is 5.28. The van der Waals surface area contributed by atoms with Gasteiger partial charge in [-0.05, 0) is 25.5 Å². The summed E-state index contributed by atoms with van der Waals surface area (Å²) in [6, 6.07) is 0.374. The Hall–Kier alpha value is -0.100. The van der Waals surface area contributed by atoms with Crippen LogP contribution < -0.4 is 11.3 Å². The monoisotopic (exact) mass is 243 g/mol. The Labute approximate surface area is 98.8 Å². The predicted octanol–water partition coefficient (Wildman–Crippen LogP) is 1.72. The van der Waals surface area contributed by atoms with Crippen molar-refractivity contribution in [1.29, 1.82) is 0 Å². The van der Waals surface area contributed by atoms with E-state index in [9.17, 15) is 0 Å². The van der Waals surface area contributed by atoms with E-state index in [1.807, 2.05) is 18.7 Å². The summed E-state index contributed by atoms with van der Waals surface area (Å²) in [5, 5.41) is 3.94. The lowest BCUT2D eigenvalue weighted by atomic mass is 10.1. The SMILES string of the molecule is Cc1nc(CC(NN)C2CCCS2)cs1. The standard InChI is InChI=1S/C10H17N3S2/c1-7-12-8(6-15-7)5-9(13-11)10-3-2-4-14-10/h6,9-10,13H,2-5,11H2,1H3. The minimum absolute atomic E-state index is 0.374. The number of rotatable bonds is 4. The molecule has 0 aromatic carbocycles. The van der Waals surface area contributed by atoms with Gasteiger partial charge in [0, 0.05) is 23.1 Å². The number of thiazole rings is 1. The van der Waals surface area contributed by atoms with Crippen LogP contribution >= 0.6 is 23.1 Å². The third kappa shape index (κ3) is 2.93. The maximum absolute atomic E-state index is 5.62. The summed E-state index contributed by atoms with van der Waals surface area (Å²) in [5.41, 5.74) is 4.12. The number of aromatic nitrogens is 1. The molecule has 0 radical (unpaired) electrons. The minimum atomic E-state index is 0.374. The van der Waals surface area contributed by atoms with Crippen molar-refractivity contribution in [3.63, 3.8) is 0 Å². The Morgan fingerprint density at radius 2 is 2.60 bits per heavy atom. The highest BCUT2D eigenvalue weighted by Crippen LogP contribution is 2.29. The quantitative estimate of drug-likeness (QED) is 0.624. The number of nitrogens with zero attached hydrogens (tertiary/aromatic N) is 1. The molecule has 0 amide bonds. The topological polar surface area (TPSA) is 50.9 Å². The van der Waals surface area contributed by atoms with Gasteiger partial charge in [0.2, 0.25) is 0 Å². The third-order valence-electron chi connectivity index (χ3n) is 2.72. The van der Waals surface area contributed by atoms with Crippen molar-refractivity contribution in [2.24, 2.45) is 5.84 Å². The van der Waals surface area contributed by atoms with Crippen molar-refractivity contribution in [3.05, 3.63) is 16.1 Å². The highest BCUT2D eigenvalue weighted by atomic mass is 32.2. The molecule has 1 aromatic heterocycles. The van der Waals surface area contributed by atoms with Crippen LogP contribution in [-0.4, -0.2) is 22.0 Å². The average molecular weight is 243 g/mol. The van der Waals surface area contributed by atoms with Gasteiger partial charge >= 0.3 is 0 Å². The summed E-state index contributed by atoms with van der Waals surface area (Å²) < 4.78 is 0. The summed E-state index contributed by atoms with van der Waals surface area (Å²) in [6.45, 7) is 2.05. The number of nitrogens with one attached hydrogen (secondary N) is 1. The number of nitrogens with two attached hydrogens (primary N) is 1. The fourth-order valence-electron chi connectivity index (χ4n) is 1.94. The van der Waals surface area contributed by atoms with Gasteiger partial charge in [0.15, 0.2) is 0 Å². The Kier molecular flexibility index (Phi) is 4.02. The zero-order chi connectivity index (χ0) is 10.7. The first kappa shape index (κ1) is 11.4. The maximum atomic E-state index is 5.62. The van der Waals surface area contributed by atoms with Crippen molar-refractivity contribution in [1.82, 2.24) is 10.4 Å². The molecule has 1 aliphatic heterocycles. The van der Waals surface area contributed by atoms with Crippen LogP contribution in [0.3, 0.4) is 0 Å². The first-order valence-corrected chi connectivity index (χ1v) is 7.21. The average Bonchev–Trinajstić information content (AvgIpc) is 2.85. The van der Waals surface area contributed by atoms with E-state index >= 15 is 0 Å². The lowest BCUT2D eigenvalue weighted by Crippen LogP contribution is -2.43. The zero-order valence-corrected chi connectivity index (χ0v) is 10.5. The summed E-state index contributed by atoms with van der Waals surface area (Å²) in [6.07, 6.45) is 3.56. The number of hydrogen-bond acceptors (Lipinski definition) is 5. The molecule has 2 rings (SSSR count). The molecule has 1 aromatic rings. The van der Waals surface area contributed by atoms with Crippen molar-refractivity contribution >= 4 is 23.1 Å². The molecule has 0 saturated carbocycles. The highest BCUT2D eigenvalue weighted by Gasteiger charge is 2.25. The number of hydrogen-bond donors (Lipinski definition) is 2. The van der Waals surface area contributed by atoms with Crippen LogP contribution in [0.25, 0.3) is 0 Å². The molecule has 0 aliphatic carbocycles. The van der Waals surface area contributed by atoms with E-state index in [4.69, 9.17) is 5.84 Å². The van der Waals surface area contributed by atoms with Crippen LogP contribution in [0.4, 0.5) is 0 Å². The lowest BCUT2D eigenvalue weighted by molar-refractivity contribution is 0.492. The predicted molar refractivity (Wildman–Crippen MR) is 67.1 cm³/mol. The molecule has 1 fully saturated rings. The molecular weight excluding hydrogens is 226 g/mol. The van der Waals surface area contributed by atoms with E-state index in [1.165, 1.54) is 24.3 Å². The lowest BCUT2D eigenvalue weighted by Gasteiger charge is -2.20. The molecule has 15 heavy (non-hydrogen) atoms. The molecule has 1 aliphatic rings. The number of hydrazine groups is 1. The molecule has 2 atom stereocenters. The van der Waals surface area contributed by atoms with Crippen LogP contribution in [0, 0.1) is 6.92 Å². The largest absolute Gasteiger partial charge is 0.271 e. The third-order valence-corrected chi connectivity index (χ3v) is 5.06. The van der Waals surface area contributed by atoms with E-state index in [1.54, 1.807) is 11.3 Å². The van der Waals surface area contributed by atoms with Crippen LogP contribution in [0.15, 0.2) is 5.38 Å². The van der Waals surface area contributed by atoms with Gasteiger partial charge in [0.05, 0.1) is 10.7 Å². The van der Waals surface area contributed by atoms with Gasteiger partial charge in [-0.1, -0.05) is 0 Å². The van der Waals surface area contributed by atoms with Crippen molar-refractivity contribution in [3.8, 4) is 0 Å². The molecule has 2 unspecified atom stereocenters. The summed E-state index contributed by atoms with van der Waals surface area (Å²) in [5.74, 6) is 6.90. The smallest absolute Gasteiger partial charge is 0.0897 e. The highest BCUT2D eigenvalue weighted by molar-refractivity contribution is 8.00. The Morgan fingerprint density at radius 3 is 3.13 bits per heavy atom. The zero-order valence-electron chi connectivity index (χ0n) is 8.90. The molecule has 3 N–H and O–H groups in total. The minimum Gasteiger partial charge on any atom is -0.271 e. The van der Waals surface area contributed by atoms with Gasteiger partial charge in [-0.2, -0.15) is 11.8 Å². The van der Waals surface area contributed by atoms with Gasteiger partial charge in [-0.15, -0.1) is 11.3 Å².